The van der Waals surface area contributed by atoms with Gasteiger partial charge >= 0.3 is 5.97 Å². The number of carbonyl (C=O) groups is 1. The van der Waals surface area contributed by atoms with E-state index in [-0.39, 0.29) is 5.92 Å². The summed E-state index contributed by atoms with van der Waals surface area (Å²) in [4.78, 5) is 17.0. The summed E-state index contributed by atoms with van der Waals surface area (Å²) in [5.41, 5.74) is -0.563. The Morgan fingerprint density at radius 2 is 2.00 bits per heavy atom. The lowest BCUT2D eigenvalue weighted by atomic mass is 9.81. The Kier molecular flexibility index (Phi) is 4.73. The van der Waals surface area contributed by atoms with E-state index in [1.807, 2.05) is 0 Å². The number of aryl methyl sites for hydroxylation is 1. The number of fused-ring (bicyclic) bond motifs is 1. The van der Waals surface area contributed by atoms with Crippen LogP contribution in [0.4, 0.5) is 0 Å². The zero-order chi connectivity index (χ0) is 17.3. The molecule has 3 fully saturated rings. The molecule has 1 saturated carbocycles. The van der Waals surface area contributed by atoms with E-state index in [2.05, 4.69) is 25.3 Å². The summed E-state index contributed by atoms with van der Waals surface area (Å²) in [6.45, 7) is 4.98. The van der Waals surface area contributed by atoms with E-state index in [4.69, 9.17) is 0 Å². The zero-order valence-electron chi connectivity index (χ0n) is 14.8. The van der Waals surface area contributed by atoms with Crippen molar-refractivity contribution in [1.29, 1.82) is 0 Å². The van der Waals surface area contributed by atoms with Gasteiger partial charge in [0.05, 0.1) is 5.41 Å². The summed E-state index contributed by atoms with van der Waals surface area (Å²) in [6.07, 6.45) is 9.01. The van der Waals surface area contributed by atoms with Crippen LogP contribution in [0.1, 0.15) is 38.5 Å². The number of rotatable bonds is 6. The average molecular weight is 348 g/mol. The molecule has 8 heteroatoms. The van der Waals surface area contributed by atoms with Gasteiger partial charge < -0.3 is 10.0 Å². The Morgan fingerprint density at radius 3 is 2.68 bits per heavy atom. The molecule has 1 aliphatic carbocycles. The highest BCUT2D eigenvalue weighted by atomic mass is 16.4. The summed E-state index contributed by atoms with van der Waals surface area (Å²) in [7, 11) is 0. The first-order chi connectivity index (χ1) is 12.2. The van der Waals surface area contributed by atoms with Crippen molar-refractivity contribution in [3.8, 4) is 0 Å². The molecule has 1 aromatic rings. The third kappa shape index (κ3) is 3.29. The molecule has 8 nitrogen and oxygen atoms in total. The van der Waals surface area contributed by atoms with E-state index in [1.54, 1.807) is 11.0 Å². The third-order valence-corrected chi connectivity index (χ3v) is 6.48. The van der Waals surface area contributed by atoms with Crippen molar-refractivity contribution in [1.82, 2.24) is 30.0 Å². The second kappa shape index (κ2) is 6.99. The fourth-order valence-electron chi connectivity index (χ4n) is 5.14. The largest absolute Gasteiger partial charge is 0.481 e. The van der Waals surface area contributed by atoms with Crippen molar-refractivity contribution >= 4 is 5.97 Å². The standard InChI is InChI=1S/C17H28N6O2/c24-16(25)17-11-21(7-4-8-23-13-18-19-20-23)9-14(17)10-22(12-17)15-5-2-1-3-6-15/h13-15H,1-12H2,(H,24,25)/t14-,17-/m1/s1. The van der Waals surface area contributed by atoms with Crippen molar-refractivity contribution < 1.29 is 9.90 Å². The topological polar surface area (TPSA) is 87.4 Å². The highest BCUT2D eigenvalue weighted by Crippen LogP contribution is 2.44. The number of hydrogen-bond donors (Lipinski definition) is 1. The monoisotopic (exact) mass is 348 g/mol. The fourth-order valence-corrected chi connectivity index (χ4v) is 5.14. The Morgan fingerprint density at radius 1 is 1.16 bits per heavy atom. The number of likely N-dealkylation sites (tertiary alicyclic amines) is 2. The fraction of sp³-hybridized carbons (Fsp3) is 0.882. The molecule has 2 aliphatic heterocycles. The van der Waals surface area contributed by atoms with E-state index in [1.165, 1.54) is 32.1 Å². The van der Waals surface area contributed by atoms with E-state index in [9.17, 15) is 9.90 Å². The summed E-state index contributed by atoms with van der Waals surface area (Å²) in [5, 5.41) is 21.2. The van der Waals surface area contributed by atoms with Gasteiger partial charge in [-0.05, 0) is 36.2 Å². The van der Waals surface area contributed by atoms with Gasteiger partial charge in [-0.15, -0.1) is 5.10 Å². The van der Waals surface area contributed by atoms with Crippen LogP contribution < -0.4 is 0 Å². The van der Waals surface area contributed by atoms with Gasteiger partial charge in [0.1, 0.15) is 6.33 Å². The molecule has 3 aliphatic rings. The number of tetrazole rings is 1. The molecular weight excluding hydrogens is 320 g/mol. The smallest absolute Gasteiger partial charge is 0.312 e. The van der Waals surface area contributed by atoms with Crippen LogP contribution in [0.3, 0.4) is 0 Å². The van der Waals surface area contributed by atoms with Crippen LogP contribution >= 0.6 is 0 Å². The zero-order valence-corrected chi connectivity index (χ0v) is 14.8. The second-order valence-corrected chi connectivity index (χ2v) is 8.04. The lowest BCUT2D eigenvalue weighted by Gasteiger charge is -2.33. The molecule has 1 N–H and O–H groups in total. The first-order valence-corrected chi connectivity index (χ1v) is 9.58. The average Bonchev–Trinajstić information content (AvgIpc) is 3.30. The van der Waals surface area contributed by atoms with Crippen molar-refractivity contribution in [3.63, 3.8) is 0 Å². The van der Waals surface area contributed by atoms with Gasteiger partial charge in [-0.1, -0.05) is 19.3 Å². The molecule has 4 rings (SSSR count). The lowest BCUT2D eigenvalue weighted by molar-refractivity contribution is -0.149. The molecule has 3 heterocycles. The highest BCUT2D eigenvalue weighted by Gasteiger charge is 2.58. The number of nitrogens with zero attached hydrogens (tertiary/aromatic N) is 6. The Bertz CT molecular complexity index is 588. The van der Waals surface area contributed by atoms with Crippen LogP contribution in [-0.4, -0.2) is 79.8 Å². The van der Waals surface area contributed by atoms with Crippen LogP contribution in [-0.2, 0) is 11.3 Å². The van der Waals surface area contributed by atoms with Gasteiger partial charge in [0.15, 0.2) is 0 Å². The van der Waals surface area contributed by atoms with Gasteiger partial charge in [0.2, 0.25) is 0 Å². The summed E-state index contributed by atoms with van der Waals surface area (Å²) in [5.74, 6) is -0.334. The molecule has 2 atom stereocenters. The number of carboxylic acid groups (broad SMARTS) is 1. The molecule has 1 aromatic heterocycles. The molecule has 0 radical (unpaired) electrons. The van der Waals surface area contributed by atoms with Gasteiger partial charge in [-0.3, -0.25) is 9.69 Å². The maximum absolute atomic E-state index is 12.2. The Balaban J connectivity index is 1.34. The minimum absolute atomic E-state index is 0.264. The quantitative estimate of drug-likeness (QED) is 0.810. The van der Waals surface area contributed by atoms with Crippen LogP contribution in [0.2, 0.25) is 0 Å². The molecule has 0 amide bonds. The van der Waals surface area contributed by atoms with Crippen molar-refractivity contribution in [2.75, 3.05) is 32.7 Å². The number of aromatic nitrogens is 4. The van der Waals surface area contributed by atoms with E-state index in [0.717, 1.165) is 39.1 Å². The number of aliphatic carboxylic acids is 1. The minimum atomic E-state index is -0.598. The molecule has 0 aromatic carbocycles. The molecule has 0 spiro atoms. The number of hydrogen-bond acceptors (Lipinski definition) is 6. The maximum atomic E-state index is 12.2. The summed E-state index contributed by atoms with van der Waals surface area (Å²) < 4.78 is 1.73. The van der Waals surface area contributed by atoms with Crippen molar-refractivity contribution in [2.24, 2.45) is 11.3 Å². The number of carboxylic acids is 1. The predicted molar refractivity (Wildman–Crippen MR) is 90.9 cm³/mol. The van der Waals surface area contributed by atoms with Gasteiger partial charge in [-0.2, -0.15) is 0 Å². The third-order valence-electron chi connectivity index (χ3n) is 6.48. The van der Waals surface area contributed by atoms with E-state index >= 15 is 0 Å². The SMILES string of the molecule is O=C(O)[C@@]12CN(CCCn3cnnn3)C[C@@H]1CN(C1CCCCC1)C2. The van der Waals surface area contributed by atoms with E-state index in [0.29, 0.717) is 12.6 Å². The first-order valence-electron chi connectivity index (χ1n) is 9.58. The summed E-state index contributed by atoms with van der Waals surface area (Å²) in [6, 6.07) is 0.615. The minimum Gasteiger partial charge on any atom is -0.481 e. The Labute approximate surface area is 148 Å². The Hall–Kier alpha value is -1.54. The molecule has 0 unspecified atom stereocenters. The van der Waals surface area contributed by atoms with Crippen LogP contribution in [0.5, 0.6) is 0 Å². The molecule has 2 saturated heterocycles. The normalized spacial score (nSPS) is 31.4. The second-order valence-electron chi connectivity index (χ2n) is 8.04. The molecule has 0 bridgehead atoms. The van der Waals surface area contributed by atoms with Crippen LogP contribution in [0.15, 0.2) is 6.33 Å². The lowest BCUT2D eigenvalue weighted by Crippen LogP contribution is -2.43. The van der Waals surface area contributed by atoms with Gasteiger partial charge in [0, 0.05) is 44.7 Å². The molecular formula is C17H28N6O2. The molecule has 25 heavy (non-hydrogen) atoms. The highest BCUT2D eigenvalue weighted by molar-refractivity contribution is 5.77. The first kappa shape index (κ1) is 16.9. The van der Waals surface area contributed by atoms with Crippen molar-refractivity contribution in [3.05, 3.63) is 6.33 Å². The van der Waals surface area contributed by atoms with Crippen LogP contribution in [0.25, 0.3) is 0 Å². The maximum Gasteiger partial charge on any atom is 0.312 e. The van der Waals surface area contributed by atoms with Gasteiger partial charge in [-0.25, -0.2) is 4.68 Å². The van der Waals surface area contributed by atoms with Crippen LogP contribution in [0, 0.1) is 11.3 Å². The van der Waals surface area contributed by atoms with Gasteiger partial charge in [0.25, 0.3) is 0 Å². The summed E-state index contributed by atoms with van der Waals surface area (Å²) >= 11 is 0. The van der Waals surface area contributed by atoms with Crippen molar-refractivity contribution in [2.45, 2.75) is 51.1 Å². The van der Waals surface area contributed by atoms with E-state index < -0.39 is 11.4 Å². The predicted octanol–water partition coefficient (Wildman–Crippen LogP) is 0.714. The molecule has 138 valence electrons.